The zero-order chi connectivity index (χ0) is 7.23. The zero-order valence-electron chi connectivity index (χ0n) is 5.53. The van der Waals surface area contributed by atoms with E-state index >= 15 is 0 Å². The average Bonchev–Trinajstić information content (AvgIpc) is 2.03. The van der Waals surface area contributed by atoms with Gasteiger partial charge >= 0.3 is 68.5 Å². The first-order valence-corrected chi connectivity index (χ1v) is 4.09. The van der Waals surface area contributed by atoms with Gasteiger partial charge in [0.15, 0.2) is 0 Å². The molecule has 0 aliphatic heterocycles. The van der Waals surface area contributed by atoms with Crippen molar-refractivity contribution in [2.45, 2.75) is 0 Å². The van der Waals surface area contributed by atoms with Crippen LogP contribution in [0.5, 0.6) is 0 Å². The zero-order valence-corrected chi connectivity index (χ0v) is 7.24. The fourth-order valence-electron chi connectivity index (χ4n) is 0.715. The third-order valence-corrected chi connectivity index (χ3v) is 1.50. The second-order valence-corrected chi connectivity index (χ2v) is 2.48. The van der Waals surface area contributed by atoms with E-state index in [2.05, 4.69) is 33.8 Å². The van der Waals surface area contributed by atoms with E-state index in [4.69, 9.17) is 0 Å². The molecule has 0 unspecified atom stereocenters. The summed E-state index contributed by atoms with van der Waals surface area (Å²) in [5, 5.41) is 0. The molecule has 1 rings (SSSR count). The second-order valence-electron chi connectivity index (χ2n) is 1.91. The Bertz CT molecular complexity index is 224. The van der Waals surface area contributed by atoms with Gasteiger partial charge in [0.1, 0.15) is 0 Å². The van der Waals surface area contributed by atoms with Gasteiger partial charge in [0.25, 0.3) is 0 Å². The van der Waals surface area contributed by atoms with Gasteiger partial charge in [-0.25, -0.2) is 0 Å². The Hall–Kier alpha value is -0.651. The summed E-state index contributed by atoms with van der Waals surface area (Å²) in [7, 11) is 0. The summed E-state index contributed by atoms with van der Waals surface area (Å²) in [6.07, 6.45) is 4.03. The maximum absolute atomic E-state index is 2.80. The van der Waals surface area contributed by atoms with Crippen molar-refractivity contribution in [3.63, 3.8) is 0 Å². The first-order valence-electron chi connectivity index (χ1n) is 3.10. The topological polar surface area (TPSA) is 0 Å². The molecule has 0 bridgehead atoms. The normalized spacial score (nSPS) is 10.0. The van der Waals surface area contributed by atoms with Gasteiger partial charge in [-0.05, 0) is 0 Å². The third kappa shape index (κ3) is 2.30. The third-order valence-electron chi connectivity index (χ3n) is 1.17. The maximum atomic E-state index is 2.80. The molecule has 10 heavy (non-hydrogen) atoms. The van der Waals surface area contributed by atoms with E-state index < -0.39 is 0 Å². The Morgan fingerprint density at radius 1 is 1.10 bits per heavy atom. The number of rotatable bonds is 2. The van der Waals surface area contributed by atoms with Crippen LogP contribution in [0.2, 0.25) is 0 Å². The Labute approximate surface area is 68.9 Å². The van der Waals surface area contributed by atoms with Gasteiger partial charge in [-0.3, -0.25) is 0 Å². The van der Waals surface area contributed by atoms with Crippen LogP contribution < -0.4 is 0 Å². The van der Waals surface area contributed by atoms with Crippen LogP contribution >= 0.6 is 0 Å². The summed E-state index contributed by atoms with van der Waals surface area (Å²) in [6.45, 7) is 0. The SMILES string of the molecule is [Se]=C/C=C/c1ccccc1. The quantitative estimate of drug-likeness (QED) is 0.629. The molecule has 0 aromatic heterocycles. The van der Waals surface area contributed by atoms with Crippen LogP contribution in [0.3, 0.4) is 0 Å². The molecular weight excluding hydrogens is 187 g/mol. The minimum atomic E-state index is 1.23. The van der Waals surface area contributed by atoms with E-state index in [0.29, 0.717) is 0 Å². The molecule has 0 saturated carbocycles. The predicted octanol–water partition coefficient (Wildman–Crippen LogP) is 1.67. The molecule has 0 amide bonds. The molecular formula is C9H8Se. The standard InChI is InChI=1S/C9H8Se/c10-8-4-7-9-5-2-1-3-6-9/h1-8H/b7-4+. The number of hydrogen-bond donors (Lipinski definition) is 0. The van der Waals surface area contributed by atoms with Crippen LogP contribution in [0.4, 0.5) is 0 Å². The number of allylic oxidation sites excluding steroid dienone is 1. The molecule has 50 valence electrons. The minimum absolute atomic E-state index is 1.23. The number of benzene rings is 1. The van der Waals surface area contributed by atoms with Crippen LogP contribution in [0.15, 0.2) is 36.4 Å². The van der Waals surface area contributed by atoms with Crippen molar-refractivity contribution < 1.29 is 0 Å². The van der Waals surface area contributed by atoms with E-state index in [-0.39, 0.29) is 0 Å². The van der Waals surface area contributed by atoms with Gasteiger partial charge in [0.05, 0.1) is 0 Å². The van der Waals surface area contributed by atoms with Crippen LogP contribution in [0, 0.1) is 0 Å². The first kappa shape index (κ1) is 7.46. The van der Waals surface area contributed by atoms with Crippen LogP contribution in [-0.4, -0.2) is 20.5 Å². The molecule has 0 aliphatic rings. The molecule has 0 atom stereocenters. The van der Waals surface area contributed by atoms with E-state index in [1.165, 1.54) is 5.56 Å². The molecule has 0 fully saturated rings. The van der Waals surface area contributed by atoms with Crippen molar-refractivity contribution in [1.29, 1.82) is 0 Å². The van der Waals surface area contributed by atoms with E-state index in [1.54, 1.807) is 0 Å². The molecule has 1 aromatic rings. The first-order chi connectivity index (χ1) is 4.93. The Balaban J connectivity index is 2.76. The summed E-state index contributed by atoms with van der Waals surface area (Å²) in [4.78, 5) is 1.90. The molecule has 1 heteroatoms. The van der Waals surface area contributed by atoms with E-state index in [0.717, 1.165) is 0 Å². The summed E-state index contributed by atoms with van der Waals surface area (Å²) in [6, 6.07) is 10.2. The average molecular weight is 195 g/mol. The van der Waals surface area contributed by atoms with Crippen molar-refractivity contribution >= 4 is 26.6 Å². The summed E-state index contributed by atoms with van der Waals surface area (Å²) in [5.41, 5.74) is 1.23. The fraction of sp³-hybridized carbons (Fsp3) is 0. The van der Waals surface area contributed by atoms with Gasteiger partial charge in [0.2, 0.25) is 0 Å². The molecule has 0 spiro atoms. The van der Waals surface area contributed by atoms with Gasteiger partial charge in [-0.2, -0.15) is 0 Å². The van der Waals surface area contributed by atoms with E-state index in [1.807, 2.05) is 29.2 Å². The molecule has 0 radical (unpaired) electrons. The number of hydrogen-bond acceptors (Lipinski definition) is 0. The Morgan fingerprint density at radius 2 is 1.80 bits per heavy atom. The van der Waals surface area contributed by atoms with Crippen molar-refractivity contribution in [3.05, 3.63) is 42.0 Å². The monoisotopic (exact) mass is 196 g/mol. The van der Waals surface area contributed by atoms with E-state index in [9.17, 15) is 0 Å². The van der Waals surface area contributed by atoms with Crippen molar-refractivity contribution in [2.24, 2.45) is 0 Å². The fourth-order valence-corrected chi connectivity index (χ4v) is 0.879. The Morgan fingerprint density at radius 3 is 2.40 bits per heavy atom. The van der Waals surface area contributed by atoms with Crippen LogP contribution in [-0.2, 0) is 0 Å². The molecule has 0 heterocycles. The van der Waals surface area contributed by atoms with Crippen molar-refractivity contribution in [1.82, 2.24) is 0 Å². The molecule has 0 aliphatic carbocycles. The van der Waals surface area contributed by atoms with Crippen LogP contribution in [0.25, 0.3) is 6.08 Å². The molecule has 0 nitrogen and oxygen atoms in total. The van der Waals surface area contributed by atoms with Gasteiger partial charge in [-0.1, -0.05) is 0 Å². The molecule has 0 N–H and O–H groups in total. The van der Waals surface area contributed by atoms with Crippen molar-refractivity contribution in [2.75, 3.05) is 0 Å². The van der Waals surface area contributed by atoms with Crippen molar-refractivity contribution in [3.8, 4) is 0 Å². The molecule has 1 aromatic carbocycles. The molecule has 0 saturated heterocycles. The van der Waals surface area contributed by atoms with Crippen LogP contribution in [0.1, 0.15) is 5.56 Å². The van der Waals surface area contributed by atoms with Gasteiger partial charge < -0.3 is 0 Å². The Kier molecular flexibility index (Phi) is 3.14. The summed E-state index contributed by atoms with van der Waals surface area (Å²) < 4.78 is 0. The second kappa shape index (κ2) is 4.21. The summed E-state index contributed by atoms with van der Waals surface area (Å²) in [5.74, 6) is 0. The predicted molar refractivity (Wildman–Crippen MR) is 47.3 cm³/mol. The summed E-state index contributed by atoms with van der Waals surface area (Å²) >= 11 is 2.80. The van der Waals surface area contributed by atoms with Gasteiger partial charge in [0, 0.05) is 0 Å². The van der Waals surface area contributed by atoms with Gasteiger partial charge in [-0.15, -0.1) is 0 Å².